The van der Waals surface area contributed by atoms with Crippen molar-refractivity contribution in [1.82, 2.24) is 5.32 Å². The number of carbonyl (C=O) groups excluding carboxylic acids is 1. The molecule has 70 valence electrons. The number of nitrogens with one attached hydrogen (secondary N) is 1. The topological polar surface area (TPSA) is 29.1 Å². The summed E-state index contributed by atoms with van der Waals surface area (Å²) in [6.45, 7) is 8.70. The number of piperidine rings is 1. The van der Waals surface area contributed by atoms with Crippen molar-refractivity contribution in [2.75, 3.05) is 0 Å². The van der Waals surface area contributed by atoms with Crippen molar-refractivity contribution in [3.63, 3.8) is 0 Å². The Labute approximate surface area is 74.7 Å². The summed E-state index contributed by atoms with van der Waals surface area (Å²) in [5, 5.41) is 2.95. The molecule has 0 radical (unpaired) electrons. The van der Waals surface area contributed by atoms with Crippen molar-refractivity contribution in [2.24, 2.45) is 11.3 Å². The third-order valence-corrected chi connectivity index (χ3v) is 3.14. The molecule has 12 heavy (non-hydrogen) atoms. The summed E-state index contributed by atoms with van der Waals surface area (Å²) in [6.07, 6.45) is 1.80. The molecule has 1 unspecified atom stereocenters. The number of carbonyl (C=O) groups is 1. The van der Waals surface area contributed by atoms with Gasteiger partial charge in [-0.25, -0.2) is 0 Å². The maximum absolute atomic E-state index is 11.3. The molecule has 1 amide bonds. The fourth-order valence-corrected chi connectivity index (χ4v) is 1.96. The van der Waals surface area contributed by atoms with Crippen molar-refractivity contribution < 1.29 is 4.79 Å². The summed E-state index contributed by atoms with van der Waals surface area (Å²) in [5.41, 5.74) is 0.210. The molecule has 1 N–H and O–H groups in total. The van der Waals surface area contributed by atoms with Gasteiger partial charge in [-0.05, 0) is 24.7 Å². The van der Waals surface area contributed by atoms with Gasteiger partial charge in [0.2, 0.25) is 5.91 Å². The molecule has 1 aliphatic rings. The lowest BCUT2D eigenvalue weighted by Gasteiger charge is -2.40. The third-order valence-electron chi connectivity index (χ3n) is 3.14. The predicted octanol–water partition coefficient (Wildman–Crippen LogP) is 1.95. The smallest absolute Gasteiger partial charge is 0.220 e. The lowest BCUT2D eigenvalue weighted by atomic mass is 9.70. The minimum Gasteiger partial charge on any atom is -0.354 e. The van der Waals surface area contributed by atoms with Crippen molar-refractivity contribution >= 4 is 5.91 Å². The molecule has 0 aromatic rings. The molecule has 0 spiro atoms. The van der Waals surface area contributed by atoms with E-state index in [0.717, 1.165) is 6.42 Å². The minimum absolute atomic E-state index is 0.210. The molecular formula is C10H19NO. The summed E-state index contributed by atoms with van der Waals surface area (Å²) < 4.78 is 0. The zero-order valence-electron chi connectivity index (χ0n) is 8.48. The van der Waals surface area contributed by atoms with Crippen LogP contribution in [-0.2, 0) is 4.79 Å². The van der Waals surface area contributed by atoms with Crippen LogP contribution in [0, 0.1) is 11.3 Å². The van der Waals surface area contributed by atoms with Crippen LogP contribution >= 0.6 is 0 Å². The van der Waals surface area contributed by atoms with Gasteiger partial charge in [-0.2, -0.15) is 0 Å². The Morgan fingerprint density at radius 3 is 2.58 bits per heavy atom. The quantitative estimate of drug-likeness (QED) is 0.638. The highest BCUT2D eigenvalue weighted by atomic mass is 16.1. The van der Waals surface area contributed by atoms with Gasteiger partial charge in [0.15, 0.2) is 0 Å². The molecule has 0 aromatic heterocycles. The van der Waals surface area contributed by atoms with Crippen LogP contribution in [0.1, 0.15) is 40.5 Å². The van der Waals surface area contributed by atoms with Crippen LogP contribution < -0.4 is 5.32 Å². The molecule has 2 atom stereocenters. The van der Waals surface area contributed by atoms with E-state index in [9.17, 15) is 4.79 Å². The molecule has 0 bridgehead atoms. The van der Waals surface area contributed by atoms with E-state index >= 15 is 0 Å². The highest BCUT2D eigenvalue weighted by molar-refractivity contribution is 5.77. The second-order valence-electron chi connectivity index (χ2n) is 4.66. The van der Waals surface area contributed by atoms with E-state index in [2.05, 4.69) is 33.0 Å². The van der Waals surface area contributed by atoms with Crippen LogP contribution in [-0.4, -0.2) is 11.9 Å². The fraction of sp³-hybridized carbons (Fsp3) is 0.900. The molecule has 1 rings (SSSR count). The van der Waals surface area contributed by atoms with Gasteiger partial charge in [-0.1, -0.05) is 20.8 Å². The van der Waals surface area contributed by atoms with Gasteiger partial charge in [0.1, 0.15) is 0 Å². The molecule has 1 aliphatic heterocycles. The summed E-state index contributed by atoms with van der Waals surface area (Å²) in [4.78, 5) is 11.3. The van der Waals surface area contributed by atoms with Gasteiger partial charge in [-0.3, -0.25) is 4.79 Å². The van der Waals surface area contributed by atoms with E-state index < -0.39 is 0 Å². The summed E-state index contributed by atoms with van der Waals surface area (Å²) in [5.74, 6) is 0.802. The van der Waals surface area contributed by atoms with Gasteiger partial charge >= 0.3 is 0 Å². The molecule has 1 saturated heterocycles. The molecule has 2 nitrogen and oxygen atoms in total. The van der Waals surface area contributed by atoms with Crippen molar-refractivity contribution in [3.05, 3.63) is 0 Å². The van der Waals surface area contributed by atoms with Crippen LogP contribution in [0.2, 0.25) is 0 Å². The average molecular weight is 169 g/mol. The van der Waals surface area contributed by atoms with Crippen LogP contribution in [0.25, 0.3) is 0 Å². The molecule has 1 fully saturated rings. The SMILES string of the molecule is CC1C[C@](C)(C(C)C)CC(=O)N1. The van der Waals surface area contributed by atoms with Gasteiger partial charge in [0.25, 0.3) is 0 Å². The summed E-state index contributed by atoms with van der Waals surface area (Å²) >= 11 is 0. The zero-order valence-corrected chi connectivity index (χ0v) is 8.48. The molecule has 1 heterocycles. The largest absolute Gasteiger partial charge is 0.354 e. The number of amides is 1. The third kappa shape index (κ3) is 1.79. The number of hydrogen-bond donors (Lipinski definition) is 1. The maximum atomic E-state index is 11.3. The van der Waals surface area contributed by atoms with Gasteiger partial charge in [-0.15, -0.1) is 0 Å². The second-order valence-corrected chi connectivity index (χ2v) is 4.66. The van der Waals surface area contributed by atoms with Crippen LogP contribution in [0.5, 0.6) is 0 Å². The molecule has 0 aromatic carbocycles. The molecule has 2 heteroatoms. The standard InChI is InChI=1S/C10H19NO/c1-7(2)10(4)5-8(3)11-9(12)6-10/h7-8H,5-6H2,1-4H3,(H,11,12)/t8?,10-/m0/s1. The van der Waals surface area contributed by atoms with Crippen molar-refractivity contribution in [1.29, 1.82) is 0 Å². The Bertz CT molecular complexity index is 188. The second kappa shape index (κ2) is 3.08. The van der Waals surface area contributed by atoms with Crippen LogP contribution in [0.3, 0.4) is 0 Å². The van der Waals surface area contributed by atoms with Crippen molar-refractivity contribution in [2.45, 2.75) is 46.6 Å². The van der Waals surface area contributed by atoms with Gasteiger partial charge in [0.05, 0.1) is 0 Å². The van der Waals surface area contributed by atoms with E-state index in [4.69, 9.17) is 0 Å². The number of hydrogen-bond acceptors (Lipinski definition) is 1. The maximum Gasteiger partial charge on any atom is 0.220 e. The fourth-order valence-electron chi connectivity index (χ4n) is 1.96. The first-order chi connectivity index (χ1) is 5.44. The minimum atomic E-state index is 0.210. The van der Waals surface area contributed by atoms with Crippen molar-refractivity contribution in [3.8, 4) is 0 Å². The highest BCUT2D eigenvalue weighted by Crippen LogP contribution is 2.38. The number of rotatable bonds is 1. The Kier molecular flexibility index (Phi) is 2.45. The Morgan fingerprint density at radius 1 is 1.58 bits per heavy atom. The average Bonchev–Trinajstić information content (AvgIpc) is 1.82. The normalized spacial score (nSPS) is 36.8. The summed E-state index contributed by atoms with van der Waals surface area (Å²) in [6, 6.07) is 0.346. The Balaban J connectivity index is 2.71. The van der Waals surface area contributed by atoms with Gasteiger partial charge in [0, 0.05) is 12.5 Å². The van der Waals surface area contributed by atoms with Crippen LogP contribution in [0.15, 0.2) is 0 Å². The first-order valence-electron chi connectivity index (χ1n) is 4.73. The first-order valence-corrected chi connectivity index (χ1v) is 4.73. The van der Waals surface area contributed by atoms with E-state index in [1.165, 1.54) is 0 Å². The molecule has 0 aliphatic carbocycles. The Morgan fingerprint density at radius 2 is 2.17 bits per heavy atom. The predicted molar refractivity (Wildman–Crippen MR) is 49.8 cm³/mol. The van der Waals surface area contributed by atoms with Gasteiger partial charge < -0.3 is 5.32 Å². The first kappa shape index (κ1) is 9.56. The highest BCUT2D eigenvalue weighted by Gasteiger charge is 2.36. The molecule has 0 saturated carbocycles. The monoisotopic (exact) mass is 169 g/mol. The lowest BCUT2D eigenvalue weighted by Crippen LogP contribution is -2.47. The summed E-state index contributed by atoms with van der Waals surface area (Å²) in [7, 11) is 0. The Hall–Kier alpha value is -0.530. The van der Waals surface area contributed by atoms with E-state index in [-0.39, 0.29) is 11.3 Å². The van der Waals surface area contributed by atoms with E-state index in [0.29, 0.717) is 18.4 Å². The van der Waals surface area contributed by atoms with Crippen LogP contribution in [0.4, 0.5) is 0 Å². The zero-order chi connectivity index (χ0) is 9.35. The van der Waals surface area contributed by atoms with E-state index in [1.54, 1.807) is 0 Å². The lowest BCUT2D eigenvalue weighted by molar-refractivity contribution is -0.127. The molecular weight excluding hydrogens is 150 g/mol. The van der Waals surface area contributed by atoms with E-state index in [1.807, 2.05) is 0 Å².